The Morgan fingerprint density at radius 1 is 1.30 bits per heavy atom. The third-order valence-corrected chi connectivity index (χ3v) is 4.70. The molecule has 2 aliphatic heterocycles. The second-order valence-corrected chi connectivity index (χ2v) is 5.83. The first kappa shape index (κ1) is 15.3. The van der Waals surface area contributed by atoms with E-state index in [1.807, 2.05) is 0 Å². The number of thiocarbonyl (C=S) groups is 1. The van der Waals surface area contributed by atoms with Crippen molar-refractivity contribution >= 4 is 40.9 Å². The molecule has 1 atom stereocenters. The summed E-state index contributed by atoms with van der Waals surface area (Å²) in [4.78, 5) is 26.4. The van der Waals surface area contributed by atoms with Crippen LogP contribution in [0.2, 0.25) is 0 Å². The van der Waals surface area contributed by atoms with Crippen LogP contribution >= 0.6 is 24.0 Å². The van der Waals surface area contributed by atoms with Gasteiger partial charge in [-0.25, -0.2) is 9.59 Å². The van der Waals surface area contributed by atoms with E-state index in [0.29, 0.717) is 42.4 Å². The molecule has 20 heavy (non-hydrogen) atoms. The van der Waals surface area contributed by atoms with Crippen LogP contribution in [0.3, 0.4) is 0 Å². The van der Waals surface area contributed by atoms with Gasteiger partial charge in [0.2, 0.25) is 0 Å². The Morgan fingerprint density at radius 2 is 2.00 bits per heavy atom. The van der Waals surface area contributed by atoms with Gasteiger partial charge < -0.3 is 14.4 Å². The van der Waals surface area contributed by atoms with Gasteiger partial charge in [0.15, 0.2) is 0 Å². The summed E-state index contributed by atoms with van der Waals surface area (Å²) >= 11 is 6.82. The van der Waals surface area contributed by atoms with Gasteiger partial charge in [-0.2, -0.15) is 0 Å². The average Bonchev–Trinajstić information content (AvgIpc) is 2.85. The predicted octanol–water partition coefficient (Wildman–Crippen LogP) is 1.86. The lowest BCUT2D eigenvalue weighted by molar-refractivity contribution is -0.146. The molecule has 2 rings (SSSR count). The third kappa shape index (κ3) is 2.83. The average molecular weight is 315 g/mol. The molecular formula is C13H17NO4S2. The number of ether oxygens (including phenoxy) is 2. The number of rotatable bonds is 4. The molecule has 5 nitrogen and oxygen atoms in total. The van der Waals surface area contributed by atoms with Crippen molar-refractivity contribution in [1.29, 1.82) is 0 Å². The molecule has 0 N–H and O–H groups in total. The SMILES string of the molecule is CCOC(=O)C1=C2SCC(C(=O)OCC)N2C(=S)CC1. The van der Waals surface area contributed by atoms with E-state index in [1.54, 1.807) is 18.7 Å². The number of hydrogen-bond donors (Lipinski definition) is 0. The summed E-state index contributed by atoms with van der Waals surface area (Å²) in [6, 6.07) is -0.424. The smallest absolute Gasteiger partial charge is 0.336 e. The van der Waals surface area contributed by atoms with E-state index in [4.69, 9.17) is 21.7 Å². The maximum Gasteiger partial charge on any atom is 0.336 e. The molecule has 0 bridgehead atoms. The van der Waals surface area contributed by atoms with Crippen LogP contribution in [-0.4, -0.2) is 46.8 Å². The van der Waals surface area contributed by atoms with Gasteiger partial charge >= 0.3 is 11.9 Å². The van der Waals surface area contributed by atoms with Crippen LogP contribution in [0.5, 0.6) is 0 Å². The Kier molecular flexibility index (Phi) is 5.04. The zero-order valence-electron chi connectivity index (χ0n) is 11.5. The van der Waals surface area contributed by atoms with Gasteiger partial charge in [-0.05, 0) is 20.3 Å². The highest BCUT2D eigenvalue weighted by atomic mass is 32.2. The van der Waals surface area contributed by atoms with Gasteiger partial charge in [-0.1, -0.05) is 12.2 Å². The van der Waals surface area contributed by atoms with Gasteiger partial charge in [-0.15, -0.1) is 11.8 Å². The highest BCUT2D eigenvalue weighted by Gasteiger charge is 2.42. The van der Waals surface area contributed by atoms with Crippen molar-refractivity contribution in [3.8, 4) is 0 Å². The number of esters is 2. The molecule has 0 aromatic rings. The molecule has 1 fully saturated rings. The first-order valence-electron chi connectivity index (χ1n) is 6.61. The van der Waals surface area contributed by atoms with E-state index in [-0.39, 0.29) is 11.9 Å². The minimum Gasteiger partial charge on any atom is -0.464 e. The molecule has 1 unspecified atom stereocenters. The fourth-order valence-corrected chi connectivity index (χ4v) is 3.96. The summed E-state index contributed by atoms with van der Waals surface area (Å²) in [5, 5.41) is 0.762. The van der Waals surface area contributed by atoms with Crippen LogP contribution in [0.4, 0.5) is 0 Å². The van der Waals surface area contributed by atoms with Gasteiger partial charge in [0.25, 0.3) is 0 Å². The monoisotopic (exact) mass is 315 g/mol. The Labute approximate surface area is 127 Å². The molecule has 0 aliphatic carbocycles. The molecule has 0 aromatic carbocycles. The Hall–Kier alpha value is -1.08. The van der Waals surface area contributed by atoms with Crippen LogP contribution in [0.15, 0.2) is 10.6 Å². The largest absolute Gasteiger partial charge is 0.464 e. The van der Waals surface area contributed by atoms with Crippen molar-refractivity contribution < 1.29 is 19.1 Å². The number of carbonyl (C=O) groups excluding carboxylic acids is 2. The number of carbonyl (C=O) groups is 2. The van der Waals surface area contributed by atoms with E-state index in [1.165, 1.54) is 11.8 Å². The van der Waals surface area contributed by atoms with Crippen molar-refractivity contribution in [1.82, 2.24) is 4.90 Å². The van der Waals surface area contributed by atoms with Crippen molar-refractivity contribution in [3.63, 3.8) is 0 Å². The lowest BCUT2D eigenvalue weighted by Crippen LogP contribution is -2.43. The summed E-state index contributed by atoms with van der Waals surface area (Å²) in [7, 11) is 0. The highest BCUT2D eigenvalue weighted by Crippen LogP contribution is 2.41. The Bertz CT molecular complexity index is 475. The maximum absolute atomic E-state index is 12.0. The number of nitrogens with zero attached hydrogens (tertiary/aromatic N) is 1. The van der Waals surface area contributed by atoms with Crippen molar-refractivity contribution in [2.24, 2.45) is 0 Å². The van der Waals surface area contributed by atoms with Crippen LogP contribution < -0.4 is 0 Å². The molecule has 0 aromatic heterocycles. The first-order chi connectivity index (χ1) is 9.60. The molecule has 1 saturated heterocycles. The van der Waals surface area contributed by atoms with Gasteiger partial charge in [0.05, 0.1) is 28.8 Å². The summed E-state index contributed by atoms with van der Waals surface area (Å²) in [6.45, 7) is 4.23. The topological polar surface area (TPSA) is 55.8 Å². The summed E-state index contributed by atoms with van der Waals surface area (Å²) in [5.74, 6) is -0.0496. The number of thioether (sulfide) groups is 1. The molecule has 0 spiro atoms. The number of fused-ring (bicyclic) bond motifs is 1. The molecule has 110 valence electrons. The zero-order valence-corrected chi connectivity index (χ0v) is 13.1. The normalized spacial score (nSPS) is 21.8. The summed E-state index contributed by atoms with van der Waals surface area (Å²) in [5.41, 5.74) is 0.622. The van der Waals surface area contributed by atoms with Crippen LogP contribution in [0, 0.1) is 0 Å². The quantitative estimate of drug-likeness (QED) is 0.580. The second-order valence-electron chi connectivity index (χ2n) is 4.35. The number of hydrogen-bond acceptors (Lipinski definition) is 6. The zero-order chi connectivity index (χ0) is 14.7. The fraction of sp³-hybridized carbons (Fsp3) is 0.615. The first-order valence-corrected chi connectivity index (χ1v) is 8.01. The molecule has 2 heterocycles. The van der Waals surface area contributed by atoms with E-state index < -0.39 is 6.04 Å². The van der Waals surface area contributed by atoms with Crippen LogP contribution in [0.25, 0.3) is 0 Å². The molecule has 0 saturated carbocycles. The van der Waals surface area contributed by atoms with Gasteiger partial charge in [0.1, 0.15) is 6.04 Å². The molecule has 7 heteroatoms. The third-order valence-electron chi connectivity index (χ3n) is 3.10. The standard InChI is InChI=1S/C13H17NO4S2/c1-3-17-12(15)8-5-6-10(19)14-9(7-20-11(8)14)13(16)18-4-2/h9H,3-7H2,1-2H3. The van der Waals surface area contributed by atoms with Gasteiger partial charge in [-0.3, -0.25) is 0 Å². The minimum absolute atomic E-state index is 0.289. The summed E-state index contributed by atoms with van der Waals surface area (Å²) in [6.07, 6.45) is 1.16. The highest BCUT2D eigenvalue weighted by molar-refractivity contribution is 8.03. The molecule has 2 aliphatic rings. The van der Waals surface area contributed by atoms with Gasteiger partial charge in [0, 0.05) is 12.2 Å². The minimum atomic E-state index is -0.424. The van der Waals surface area contributed by atoms with Crippen molar-refractivity contribution in [2.75, 3.05) is 19.0 Å². The van der Waals surface area contributed by atoms with E-state index in [0.717, 1.165) is 5.03 Å². The fourth-order valence-electron chi connectivity index (χ4n) is 2.24. The lowest BCUT2D eigenvalue weighted by Gasteiger charge is -2.30. The second kappa shape index (κ2) is 6.58. The molecule has 0 radical (unpaired) electrons. The Morgan fingerprint density at radius 3 is 2.65 bits per heavy atom. The predicted molar refractivity (Wildman–Crippen MR) is 80.2 cm³/mol. The molecule has 0 amide bonds. The van der Waals surface area contributed by atoms with E-state index in [2.05, 4.69) is 0 Å². The van der Waals surface area contributed by atoms with Crippen molar-refractivity contribution in [3.05, 3.63) is 10.6 Å². The van der Waals surface area contributed by atoms with Crippen molar-refractivity contribution in [2.45, 2.75) is 32.7 Å². The summed E-state index contributed by atoms with van der Waals surface area (Å²) < 4.78 is 10.1. The van der Waals surface area contributed by atoms with E-state index >= 15 is 0 Å². The van der Waals surface area contributed by atoms with Crippen LogP contribution in [-0.2, 0) is 19.1 Å². The lowest BCUT2D eigenvalue weighted by atomic mass is 10.1. The molecular weight excluding hydrogens is 298 g/mol. The maximum atomic E-state index is 12.0. The van der Waals surface area contributed by atoms with Crippen LogP contribution in [0.1, 0.15) is 26.7 Å². The Balaban J connectivity index is 2.27. The van der Waals surface area contributed by atoms with E-state index in [9.17, 15) is 9.59 Å².